The van der Waals surface area contributed by atoms with Crippen LogP contribution in [0.25, 0.3) is 10.9 Å². The van der Waals surface area contributed by atoms with E-state index in [1.165, 1.54) is 32.2 Å². The Morgan fingerprint density at radius 2 is 1.59 bits per heavy atom. The lowest BCUT2D eigenvalue weighted by Crippen LogP contribution is -2.47. The molecular weight excluding hydrogens is 436 g/mol. The van der Waals surface area contributed by atoms with Crippen LogP contribution < -0.4 is 9.64 Å². The summed E-state index contributed by atoms with van der Waals surface area (Å²) in [6.07, 6.45) is 7.11. The van der Waals surface area contributed by atoms with Crippen LogP contribution >= 0.6 is 0 Å². The molecule has 2 N–H and O–H groups in total. The van der Waals surface area contributed by atoms with Crippen LogP contribution in [0.15, 0.2) is 36.4 Å². The van der Waals surface area contributed by atoms with Gasteiger partial charge in [-0.15, -0.1) is 0 Å². The Labute approximate surface area is 201 Å². The maximum Gasteiger partial charge on any atom is 0.328 e. The third-order valence-corrected chi connectivity index (χ3v) is 5.39. The lowest BCUT2D eigenvalue weighted by molar-refractivity contribution is -0.134. The second-order valence-electron chi connectivity index (χ2n) is 8.09. The molecule has 0 aliphatic carbocycles. The van der Waals surface area contributed by atoms with E-state index in [2.05, 4.69) is 35.8 Å². The normalized spacial score (nSPS) is 14.1. The number of benzene rings is 1. The van der Waals surface area contributed by atoms with Crippen LogP contribution in [-0.4, -0.2) is 76.4 Å². The molecular formula is C25H36N4O5. The highest BCUT2D eigenvalue weighted by atomic mass is 16.5. The van der Waals surface area contributed by atoms with Crippen molar-refractivity contribution in [2.24, 2.45) is 0 Å². The Balaban J connectivity index is 0.000000440. The van der Waals surface area contributed by atoms with E-state index in [4.69, 9.17) is 24.9 Å². The second-order valence-corrected chi connectivity index (χ2v) is 8.09. The maximum atomic E-state index is 9.55. The lowest BCUT2D eigenvalue weighted by atomic mass is 10.2. The van der Waals surface area contributed by atoms with Crippen molar-refractivity contribution in [3.8, 4) is 5.88 Å². The summed E-state index contributed by atoms with van der Waals surface area (Å²) >= 11 is 0. The molecule has 9 nitrogen and oxygen atoms in total. The monoisotopic (exact) mass is 472 g/mol. The number of ether oxygens (including phenoxy) is 1. The summed E-state index contributed by atoms with van der Waals surface area (Å²) in [4.78, 5) is 33.5. The smallest absolute Gasteiger partial charge is 0.328 e. The Kier molecular flexibility index (Phi) is 11.8. The number of unbranched alkanes of at least 4 members (excludes halogenated alkanes) is 3. The van der Waals surface area contributed by atoms with Crippen molar-refractivity contribution in [1.29, 1.82) is 0 Å². The van der Waals surface area contributed by atoms with Crippen molar-refractivity contribution in [3.63, 3.8) is 0 Å². The quantitative estimate of drug-likeness (QED) is 0.372. The van der Waals surface area contributed by atoms with Gasteiger partial charge in [0.05, 0.1) is 17.5 Å². The van der Waals surface area contributed by atoms with Crippen molar-refractivity contribution in [3.05, 3.63) is 36.4 Å². The van der Waals surface area contributed by atoms with Crippen molar-refractivity contribution in [2.75, 3.05) is 44.2 Å². The van der Waals surface area contributed by atoms with Gasteiger partial charge in [0.1, 0.15) is 0 Å². The number of hydrogen-bond acceptors (Lipinski definition) is 7. The zero-order valence-corrected chi connectivity index (χ0v) is 20.2. The Morgan fingerprint density at radius 1 is 0.941 bits per heavy atom. The molecule has 186 valence electrons. The fourth-order valence-electron chi connectivity index (χ4n) is 3.50. The first-order valence-corrected chi connectivity index (χ1v) is 11.9. The van der Waals surface area contributed by atoms with Crippen molar-refractivity contribution < 1.29 is 24.5 Å². The van der Waals surface area contributed by atoms with Crippen LogP contribution in [0, 0.1) is 0 Å². The zero-order chi connectivity index (χ0) is 24.8. The molecule has 9 heteroatoms. The highest BCUT2D eigenvalue weighted by Gasteiger charge is 2.20. The van der Waals surface area contributed by atoms with Crippen molar-refractivity contribution in [2.45, 2.75) is 46.0 Å². The predicted molar refractivity (Wildman–Crippen MR) is 133 cm³/mol. The predicted octanol–water partition coefficient (Wildman–Crippen LogP) is 3.83. The standard InChI is InChI=1S/C21H32N4O.C4H4O4/c1-3-5-9-17-26-20-18-10-7-8-11-19(18)22-21(23-20)25-15-13-24(14-16-25)12-6-4-2;5-3(6)1-2-4(7)8/h7-8,10-11H,3-6,9,12-17H2,1-2H3;1-2H,(H,5,6)(H,7,8)/b;2-1+. The van der Waals surface area contributed by atoms with Gasteiger partial charge >= 0.3 is 11.9 Å². The van der Waals surface area contributed by atoms with Crippen LogP contribution in [0.1, 0.15) is 46.0 Å². The number of aromatic nitrogens is 2. The highest BCUT2D eigenvalue weighted by molar-refractivity contribution is 5.89. The largest absolute Gasteiger partial charge is 0.478 e. The van der Waals surface area contributed by atoms with Gasteiger partial charge in [0.2, 0.25) is 11.8 Å². The number of nitrogens with zero attached hydrogens (tertiary/aromatic N) is 4. The SMILES string of the molecule is CCCCCOc1nc(N2CCN(CCCC)CC2)nc2ccccc12.O=C(O)/C=C/C(=O)O. The number of carbonyl (C=O) groups is 2. The van der Waals surface area contributed by atoms with E-state index in [-0.39, 0.29) is 0 Å². The van der Waals surface area contributed by atoms with Crippen LogP contribution in [0.3, 0.4) is 0 Å². The Hall–Kier alpha value is -3.20. The summed E-state index contributed by atoms with van der Waals surface area (Å²) in [5.41, 5.74) is 0.969. The minimum Gasteiger partial charge on any atom is -0.478 e. The molecule has 0 bridgehead atoms. The van der Waals surface area contributed by atoms with E-state index in [9.17, 15) is 9.59 Å². The first kappa shape index (κ1) is 27.0. The number of hydrogen-bond donors (Lipinski definition) is 2. The number of anilines is 1. The molecule has 0 radical (unpaired) electrons. The van der Waals surface area contributed by atoms with E-state index in [1.54, 1.807) is 0 Å². The number of carboxylic acid groups (broad SMARTS) is 2. The van der Waals surface area contributed by atoms with Crippen LogP contribution in [-0.2, 0) is 9.59 Å². The zero-order valence-electron chi connectivity index (χ0n) is 20.2. The summed E-state index contributed by atoms with van der Waals surface area (Å²) in [5, 5.41) is 16.6. The molecule has 0 atom stereocenters. The Bertz CT molecular complexity index is 926. The van der Waals surface area contributed by atoms with E-state index < -0.39 is 11.9 Å². The molecule has 2 aromatic rings. The summed E-state index contributed by atoms with van der Waals surface area (Å²) in [5.74, 6) is -0.973. The number of rotatable bonds is 11. The molecule has 0 saturated carbocycles. The van der Waals surface area contributed by atoms with Gasteiger partial charge in [-0.2, -0.15) is 4.98 Å². The maximum absolute atomic E-state index is 9.55. The molecule has 34 heavy (non-hydrogen) atoms. The number of para-hydroxylation sites is 1. The van der Waals surface area contributed by atoms with Gasteiger partial charge in [0.25, 0.3) is 0 Å². The summed E-state index contributed by atoms with van der Waals surface area (Å²) < 4.78 is 6.04. The fourth-order valence-corrected chi connectivity index (χ4v) is 3.50. The molecule has 2 heterocycles. The number of aliphatic carboxylic acids is 2. The number of fused-ring (bicyclic) bond motifs is 1. The third kappa shape index (κ3) is 9.35. The van der Waals surface area contributed by atoms with Gasteiger partial charge in [-0.25, -0.2) is 14.6 Å². The van der Waals surface area contributed by atoms with E-state index in [0.717, 1.165) is 61.9 Å². The first-order valence-electron chi connectivity index (χ1n) is 11.9. The summed E-state index contributed by atoms with van der Waals surface area (Å²) in [7, 11) is 0. The van der Waals surface area contributed by atoms with Gasteiger partial charge in [-0.1, -0.05) is 45.2 Å². The van der Waals surface area contributed by atoms with Gasteiger partial charge in [-0.05, 0) is 31.5 Å². The molecule has 1 fully saturated rings. The molecule has 1 saturated heterocycles. The van der Waals surface area contributed by atoms with Crippen LogP contribution in [0.4, 0.5) is 5.95 Å². The first-order chi connectivity index (χ1) is 16.4. The Morgan fingerprint density at radius 3 is 2.21 bits per heavy atom. The van der Waals surface area contributed by atoms with E-state index in [1.807, 2.05) is 12.1 Å². The highest BCUT2D eigenvalue weighted by Crippen LogP contribution is 2.26. The molecule has 1 aromatic heterocycles. The third-order valence-electron chi connectivity index (χ3n) is 5.39. The van der Waals surface area contributed by atoms with Gasteiger partial charge in [0.15, 0.2) is 0 Å². The van der Waals surface area contributed by atoms with Gasteiger partial charge in [-0.3, -0.25) is 4.90 Å². The molecule has 1 aliphatic heterocycles. The van der Waals surface area contributed by atoms with E-state index in [0.29, 0.717) is 12.2 Å². The van der Waals surface area contributed by atoms with Gasteiger partial charge in [0, 0.05) is 38.3 Å². The van der Waals surface area contributed by atoms with Gasteiger partial charge < -0.3 is 19.8 Å². The average molecular weight is 473 g/mol. The minimum absolute atomic E-state index is 0.558. The van der Waals surface area contributed by atoms with Crippen molar-refractivity contribution in [1.82, 2.24) is 14.9 Å². The summed E-state index contributed by atoms with van der Waals surface area (Å²) in [6.45, 7) is 10.5. The van der Waals surface area contributed by atoms with E-state index >= 15 is 0 Å². The average Bonchev–Trinajstić information content (AvgIpc) is 2.84. The molecule has 1 aromatic carbocycles. The number of carboxylic acids is 2. The lowest BCUT2D eigenvalue weighted by Gasteiger charge is -2.34. The molecule has 1 aliphatic rings. The van der Waals surface area contributed by atoms with Crippen molar-refractivity contribution >= 4 is 28.8 Å². The second kappa shape index (κ2) is 14.8. The molecule has 0 spiro atoms. The molecule has 3 rings (SSSR count). The topological polar surface area (TPSA) is 116 Å². The molecule has 0 unspecified atom stereocenters. The van der Waals surface area contributed by atoms with Crippen LogP contribution in [0.5, 0.6) is 5.88 Å². The number of piperazine rings is 1. The minimum atomic E-state index is -1.26. The van der Waals surface area contributed by atoms with Crippen LogP contribution in [0.2, 0.25) is 0 Å². The molecule has 0 amide bonds. The fraction of sp³-hybridized carbons (Fsp3) is 0.520. The summed E-state index contributed by atoms with van der Waals surface area (Å²) in [6, 6.07) is 8.16.